The third-order valence-electron chi connectivity index (χ3n) is 2.06. The first-order chi connectivity index (χ1) is 9.06. The summed E-state index contributed by atoms with van der Waals surface area (Å²) >= 11 is 0. The van der Waals surface area contributed by atoms with Crippen LogP contribution in [0.25, 0.3) is 0 Å². The fourth-order valence-corrected chi connectivity index (χ4v) is 1.14. The van der Waals surface area contributed by atoms with Crippen LogP contribution in [0.2, 0.25) is 0 Å². The van der Waals surface area contributed by atoms with Gasteiger partial charge in [0, 0.05) is 12.1 Å². The molecule has 11 heteroatoms. The van der Waals surface area contributed by atoms with E-state index in [-0.39, 0.29) is 12.3 Å². The van der Waals surface area contributed by atoms with E-state index in [1.165, 1.54) is 24.3 Å². The fourth-order valence-electron chi connectivity index (χ4n) is 1.14. The smallest absolute Gasteiger partial charge is 0.394 e. The van der Waals surface area contributed by atoms with E-state index < -0.39 is 27.5 Å². The Hall–Kier alpha value is -1.63. The van der Waals surface area contributed by atoms with Crippen molar-refractivity contribution >= 4 is 16.1 Å². The number of nitrogens with two attached hydrogens (primary N) is 1. The molecule has 0 radical (unpaired) electrons. The summed E-state index contributed by atoms with van der Waals surface area (Å²) in [6.07, 6.45) is -1.02. The molecule has 10 nitrogen and oxygen atoms in total. The standard InChI is InChI=1S/C9H12N2O4.H2O4S/c10-8(5-12)9(13)6-1-3-7(4-2-6)11(14)15;1-5(2,3)4/h1-4,8-9,12-13H,5,10H2;(H2,1,2,3,4). The zero-order chi connectivity index (χ0) is 15.9. The average Bonchev–Trinajstić information content (AvgIpc) is 2.35. The van der Waals surface area contributed by atoms with Gasteiger partial charge in [0.05, 0.1) is 23.7 Å². The van der Waals surface area contributed by atoms with Gasteiger partial charge >= 0.3 is 10.4 Å². The lowest BCUT2D eigenvalue weighted by Crippen LogP contribution is -2.31. The topological polar surface area (TPSA) is 184 Å². The van der Waals surface area contributed by atoms with Gasteiger partial charge in [-0.15, -0.1) is 0 Å². The summed E-state index contributed by atoms with van der Waals surface area (Å²) in [5.41, 5.74) is 5.81. The molecule has 0 saturated heterocycles. The molecule has 1 aromatic rings. The Bertz CT molecular complexity index is 521. The molecule has 0 aromatic heterocycles. The SMILES string of the molecule is NC(CO)C(O)c1ccc([N+](=O)[O-])cc1.O=S(=O)(O)O. The molecule has 0 heterocycles. The summed E-state index contributed by atoms with van der Waals surface area (Å²) in [6, 6.07) is 4.61. The van der Waals surface area contributed by atoms with Crippen molar-refractivity contribution < 1.29 is 32.7 Å². The Labute approximate surface area is 114 Å². The van der Waals surface area contributed by atoms with Gasteiger partial charge in [-0.2, -0.15) is 8.42 Å². The zero-order valence-corrected chi connectivity index (χ0v) is 10.8. The van der Waals surface area contributed by atoms with Crippen LogP contribution in [0.1, 0.15) is 11.7 Å². The molecule has 0 bridgehead atoms. The van der Waals surface area contributed by atoms with E-state index in [4.69, 9.17) is 28.4 Å². The molecule has 0 amide bonds. The first-order valence-electron chi connectivity index (χ1n) is 5.05. The van der Waals surface area contributed by atoms with Crippen LogP contribution in [-0.4, -0.2) is 45.3 Å². The number of nitrogens with zero attached hydrogens (tertiary/aromatic N) is 1. The first-order valence-corrected chi connectivity index (χ1v) is 6.44. The van der Waals surface area contributed by atoms with Gasteiger partial charge in [-0.1, -0.05) is 0 Å². The van der Waals surface area contributed by atoms with Crippen LogP contribution in [0.3, 0.4) is 0 Å². The Morgan fingerprint density at radius 2 is 1.65 bits per heavy atom. The number of aliphatic hydroxyl groups is 2. The summed E-state index contributed by atoms with van der Waals surface area (Å²) in [4.78, 5) is 9.82. The monoisotopic (exact) mass is 310 g/mol. The number of hydrogen-bond acceptors (Lipinski definition) is 7. The predicted molar refractivity (Wildman–Crippen MR) is 67.3 cm³/mol. The lowest BCUT2D eigenvalue weighted by Gasteiger charge is -2.16. The van der Waals surface area contributed by atoms with Gasteiger partial charge in [0.25, 0.3) is 5.69 Å². The molecule has 0 saturated carbocycles. The minimum Gasteiger partial charge on any atom is -0.395 e. The van der Waals surface area contributed by atoms with Gasteiger partial charge in [-0.25, -0.2) is 0 Å². The van der Waals surface area contributed by atoms with Crippen LogP contribution in [0.4, 0.5) is 5.69 Å². The second-order valence-corrected chi connectivity index (χ2v) is 4.48. The number of hydrogen-bond donors (Lipinski definition) is 5. The highest BCUT2D eigenvalue weighted by atomic mass is 32.3. The summed E-state index contributed by atoms with van der Waals surface area (Å²) in [6.45, 7) is -0.349. The maximum Gasteiger partial charge on any atom is 0.394 e. The molecule has 0 aliphatic heterocycles. The maximum absolute atomic E-state index is 10.4. The zero-order valence-electron chi connectivity index (χ0n) is 10.0. The van der Waals surface area contributed by atoms with Gasteiger partial charge in [0.1, 0.15) is 0 Å². The molecule has 2 atom stereocenters. The predicted octanol–water partition coefficient (Wildman–Crippen LogP) is -0.705. The number of aliphatic hydroxyl groups excluding tert-OH is 2. The Morgan fingerprint density at radius 1 is 1.25 bits per heavy atom. The van der Waals surface area contributed by atoms with Crippen molar-refractivity contribution in [2.45, 2.75) is 12.1 Å². The molecule has 1 aromatic carbocycles. The van der Waals surface area contributed by atoms with Crippen LogP contribution in [0.5, 0.6) is 0 Å². The molecule has 114 valence electrons. The lowest BCUT2D eigenvalue weighted by atomic mass is 10.0. The van der Waals surface area contributed by atoms with E-state index in [0.29, 0.717) is 5.56 Å². The summed E-state index contributed by atoms with van der Waals surface area (Å²) < 4.78 is 31.6. The van der Waals surface area contributed by atoms with E-state index in [1.54, 1.807) is 0 Å². The number of benzene rings is 1. The van der Waals surface area contributed by atoms with Gasteiger partial charge in [-0.05, 0) is 17.7 Å². The number of nitro groups is 1. The number of non-ortho nitro benzene ring substituents is 1. The molecule has 0 fully saturated rings. The van der Waals surface area contributed by atoms with Crippen molar-refractivity contribution in [3.8, 4) is 0 Å². The molecular formula is C9H14N2O8S. The van der Waals surface area contributed by atoms with Gasteiger partial charge in [0.15, 0.2) is 0 Å². The van der Waals surface area contributed by atoms with Crippen LogP contribution in [0, 0.1) is 10.1 Å². The van der Waals surface area contributed by atoms with Crippen LogP contribution < -0.4 is 5.73 Å². The van der Waals surface area contributed by atoms with Crippen LogP contribution in [-0.2, 0) is 10.4 Å². The molecule has 20 heavy (non-hydrogen) atoms. The van der Waals surface area contributed by atoms with Crippen molar-refractivity contribution in [1.82, 2.24) is 0 Å². The highest BCUT2D eigenvalue weighted by Gasteiger charge is 2.16. The Kier molecular flexibility index (Phi) is 7.20. The van der Waals surface area contributed by atoms with Crippen molar-refractivity contribution in [2.75, 3.05) is 6.61 Å². The van der Waals surface area contributed by atoms with Crippen molar-refractivity contribution in [3.05, 3.63) is 39.9 Å². The molecule has 0 spiro atoms. The Balaban J connectivity index is 0.000000621. The molecule has 0 aliphatic carbocycles. The van der Waals surface area contributed by atoms with Crippen molar-refractivity contribution in [3.63, 3.8) is 0 Å². The van der Waals surface area contributed by atoms with Gasteiger partial charge in [0.2, 0.25) is 0 Å². The molecule has 6 N–H and O–H groups in total. The first kappa shape index (κ1) is 18.4. The molecular weight excluding hydrogens is 296 g/mol. The largest absolute Gasteiger partial charge is 0.395 e. The third-order valence-corrected chi connectivity index (χ3v) is 2.06. The summed E-state index contributed by atoms with van der Waals surface area (Å²) in [5.74, 6) is 0. The van der Waals surface area contributed by atoms with Crippen molar-refractivity contribution in [2.24, 2.45) is 5.73 Å². The van der Waals surface area contributed by atoms with Crippen LogP contribution >= 0.6 is 0 Å². The summed E-state index contributed by atoms with van der Waals surface area (Å²) in [5, 5.41) is 28.6. The van der Waals surface area contributed by atoms with E-state index in [0.717, 1.165) is 0 Å². The van der Waals surface area contributed by atoms with Gasteiger partial charge in [-0.3, -0.25) is 19.2 Å². The third kappa shape index (κ3) is 7.73. The second-order valence-electron chi connectivity index (χ2n) is 3.59. The fraction of sp³-hybridized carbons (Fsp3) is 0.333. The normalized spacial score (nSPS) is 13.8. The van der Waals surface area contributed by atoms with Crippen LogP contribution in [0.15, 0.2) is 24.3 Å². The maximum atomic E-state index is 10.4. The number of nitro benzene ring substituents is 1. The van der Waals surface area contributed by atoms with E-state index in [1.807, 2.05) is 0 Å². The van der Waals surface area contributed by atoms with E-state index >= 15 is 0 Å². The molecule has 1 rings (SSSR count). The van der Waals surface area contributed by atoms with E-state index in [9.17, 15) is 15.2 Å². The average molecular weight is 310 g/mol. The second kappa shape index (κ2) is 7.84. The summed E-state index contributed by atoms with van der Waals surface area (Å²) in [7, 11) is -4.67. The molecule has 0 aliphatic rings. The quantitative estimate of drug-likeness (QED) is 0.272. The Morgan fingerprint density at radius 3 is 1.95 bits per heavy atom. The molecule has 2 unspecified atom stereocenters. The number of rotatable bonds is 4. The lowest BCUT2D eigenvalue weighted by molar-refractivity contribution is -0.384. The minimum atomic E-state index is -4.67. The minimum absolute atomic E-state index is 0.0523. The van der Waals surface area contributed by atoms with E-state index in [2.05, 4.69) is 0 Å². The van der Waals surface area contributed by atoms with Crippen molar-refractivity contribution in [1.29, 1.82) is 0 Å². The highest BCUT2D eigenvalue weighted by Crippen LogP contribution is 2.19. The van der Waals surface area contributed by atoms with Gasteiger partial charge < -0.3 is 15.9 Å². The highest BCUT2D eigenvalue weighted by molar-refractivity contribution is 7.79.